The molecule has 0 aliphatic heterocycles. The molecule has 0 amide bonds. The molecule has 1 aliphatic rings. The molecule has 1 N–H and O–H groups in total. The van der Waals surface area contributed by atoms with Crippen LogP contribution in [0.2, 0.25) is 0 Å². The van der Waals surface area contributed by atoms with Gasteiger partial charge in [-0.15, -0.1) is 0 Å². The van der Waals surface area contributed by atoms with Crippen molar-refractivity contribution in [2.45, 2.75) is 25.2 Å². The Labute approximate surface area is 122 Å². The Morgan fingerprint density at radius 3 is 2.62 bits per heavy atom. The molecule has 108 valence electrons. The molecule has 1 aromatic heterocycles. The third kappa shape index (κ3) is 2.05. The van der Waals surface area contributed by atoms with Gasteiger partial charge < -0.3 is 5.11 Å². The molecule has 3 rings (SSSR count). The highest BCUT2D eigenvalue weighted by Crippen LogP contribution is 2.42. The number of hydrogen-bond acceptors (Lipinski definition) is 3. The van der Waals surface area contributed by atoms with E-state index in [4.69, 9.17) is 0 Å². The molecule has 0 atom stereocenters. The van der Waals surface area contributed by atoms with Crippen molar-refractivity contribution in [1.29, 1.82) is 0 Å². The van der Waals surface area contributed by atoms with Gasteiger partial charge in [0.1, 0.15) is 11.2 Å². The molecule has 1 saturated carbocycles. The summed E-state index contributed by atoms with van der Waals surface area (Å²) in [6, 6.07) is 7.43. The lowest BCUT2D eigenvalue weighted by Gasteiger charge is -2.36. The van der Waals surface area contributed by atoms with Gasteiger partial charge in [0.15, 0.2) is 0 Å². The SMILES string of the molecule is Cc1nn(C)cc1-c1cccc(C2(C(=O)O)CC(=O)C2)c1. The lowest BCUT2D eigenvalue weighted by molar-refractivity contribution is -0.153. The Kier molecular flexibility index (Phi) is 2.93. The van der Waals surface area contributed by atoms with Crippen LogP contribution >= 0.6 is 0 Å². The maximum Gasteiger partial charge on any atom is 0.315 e. The number of carbonyl (C=O) groups excluding carboxylic acids is 1. The zero-order valence-electron chi connectivity index (χ0n) is 12.0. The highest BCUT2D eigenvalue weighted by atomic mass is 16.4. The van der Waals surface area contributed by atoms with Crippen molar-refractivity contribution >= 4 is 11.8 Å². The number of rotatable bonds is 3. The van der Waals surface area contributed by atoms with E-state index in [0.717, 1.165) is 16.8 Å². The van der Waals surface area contributed by atoms with Crippen molar-refractivity contribution in [3.63, 3.8) is 0 Å². The molecule has 1 heterocycles. The van der Waals surface area contributed by atoms with Gasteiger partial charge in [-0.25, -0.2) is 0 Å². The first kappa shape index (κ1) is 13.5. The van der Waals surface area contributed by atoms with Crippen LogP contribution in [0.1, 0.15) is 24.1 Å². The summed E-state index contributed by atoms with van der Waals surface area (Å²) >= 11 is 0. The summed E-state index contributed by atoms with van der Waals surface area (Å²) in [5, 5.41) is 13.8. The summed E-state index contributed by atoms with van der Waals surface area (Å²) in [4.78, 5) is 22.9. The predicted octanol–water partition coefficient (Wildman–Crippen LogP) is 2.08. The van der Waals surface area contributed by atoms with Crippen LogP contribution in [0.15, 0.2) is 30.5 Å². The topological polar surface area (TPSA) is 72.2 Å². The van der Waals surface area contributed by atoms with E-state index < -0.39 is 11.4 Å². The fourth-order valence-electron chi connectivity index (χ4n) is 2.97. The van der Waals surface area contributed by atoms with E-state index in [-0.39, 0.29) is 18.6 Å². The Hall–Kier alpha value is -2.43. The average Bonchev–Trinajstić information content (AvgIpc) is 2.73. The van der Waals surface area contributed by atoms with Crippen molar-refractivity contribution in [1.82, 2.24) is 9.78 Å². The van der Waals surface area contributed by atoms with Gasteiger partial charge in [0, 0.05) is 31.6 Å². The molecule has 2 aromatic rings. The summed E-state index contributed by atoms with van der Waals surface area (Å²) in [5.74, 6) is -0.928. The lowest BCUT2D eigenvalue weighted by Crippen LogP contribution is -2.48. The van der Waals surface area contributed by atoms with Crippen LogP contribution in [0.25, 0.3) is 11.1 Å². The zero-order chi connectivity index (χ0) is 15.2. The number of aryl methyl sites for hydroxylation is 2. The number of aliphatic carboxylic acids is 1. The van der Waals surface area contributed by atoms with Gasteiger partial charge in [-0.2, -0.15) is 5.10 Å². The monoisotopic (exact) mass is 284 g/mol. The predicted molar refractivity (Wildman–Crippen MR) is 76.9 cm³/mol. The van der Waals surface area contributed by atoms with Crippen LogP contribution in [0.3, 0.4) is 0 Å². The average molecular weight is 284 g/mol. The Morgan fingerprint density at radius 1 is 1.38 bits per heavy atom. The number of nitrogens with zero attached hydrogens (tertiary/aromatic N) is 2. The summed E-state index contributed by atoms with van der Waals surface area (Å²) < 4.78 is 1.73. The number of carbonyl (C=O) groups is 2. The molecular formula is C16H16N2O3. The minimum Gasteiger partial charge on any atom is -0.481 e. The number of ketones is 1. The van der Waals surface area contributed by atoms with E-state index in [0.29, 0.717) is 5.56 Å². The molecule has 1 aromatic carbocycles. The van der Waals surface area contributed by atoms with Crippen molar-refractivity contribution < 1.29 is 14.7 Å². The Bertz CT molecular complexity index is 738. The minimum atomic E-state index is -1.05. The largest absolute Gasteiger partial charge is 0.481 e. The third-order valence-electron chi connectivity index (χ3n) is 4.15. The van der Waals surface area contributed by atoms with E-state index in [1.807, 2.05) is 38.4 Å². The van der Waals surface area contributed by atoms with Gasteiger partial charge in [0.05, 0.1) is 5.69 Å². The summed E-state index contributed by atoms with van der Waals surface area (Å²) in [6.07, 6.45) is 2.07. The van der Waals surface area contributed by atoms with Crippen LogP contribution in [0.4, 0.5) is 0 Å². The molecule has 0 saturated heterocycles. The van der Waals surface area contributed by atoms with E-state index in [2.05, 4.69) is 5.10 Å². The van der Waals surface area contributed by atoms with Crippen LogP contribution in [0.5, 0.6) is 0 Å². The second kappa shape index (κ2) is 4.55. The Morgan fingerprint density at radius 2 is 2.10 bits per heavy atom. The quantitative estimate of drug-likeness (QED) is 0.936. The number of benzene rings is 1. The molecule has 21 heavy (non-hydrogen) atoms. The van der Waals surface area contributed by atoms with Crippen molar-refractivity contribution in [2.75, 3.05) is 0 Å². The summed E-state index contributed by atoms with van der Waals surface area (Å²) in [5.41, 5.74) is 2.44. The maximum atomic E-state index is 11.6. The van der Waals surface area contributed by atoms with E-state index in [1.165, 1.54) is 0 Å². The number of hydrogen-bond donors (Lipinski definition) is 1. The zero-order valence-corrected chi connectivity index (χ0v) is 12.0. The normalized spacial score (nSPS) is 16.6. The Balaban J connectivity index is 2.06. The number of aromatic nitrogens is 2. The van der Waals surface area contributed by atoms with Crippen molar-refractivity contribution in [3.8, 4) is 11.1 Å². The first-order chi connectivity index (χ1) is 9.92. The van der Waals surface area contributed by atoms with E-state index >= 15 is 0 Å². The third-order valence-corrected chi connectivity index (χ3v) is 4.15. The fourth-order valence-corrected chi connectivity index (χ4v) is 2.97. The second-order valence-electron chi connectivity index (χ2n) is 5.66. The van der Waals surface area contributed by atoms with Crippen molar-refractivity contribution in [3.05, 3.63) is 41.7 Å². The fraction of sp³-hybridized carbons (Fsp3) is 0.312. The summed E-state index contributed by atoms with van der Waals surface area (Å²) in [7, 11) is 1.85. The van der Waals surface area contributed by atoms with Crippen LogP contribution < -0.4 is 0 Å². The number of carboxylic acid groups (broad SMARTS) is 1. The van der Waals surface area contributed by atoms with Gasteiger partial charge in [0.25, 0.3) is 0 Å². The first-order valence-electron chi connectivity index (χ1n) is 6.79. The highest BCUT2D eigenvalue weighted by Gasteiger charge is 2.51. The molecule has 0 spiro atoms. The van der Waals surface area contributed by atoms with Gasteiger partial charge in [-0.1, -0.05) is 18.2 Å². The maximum absolute atomic E-state index is 11.6. The molecule has 5 heteroatoms. The van der Waals surface area contributed by atoms with Gasteiger partial charge in [-0.3, -0.25) is 14.3 Å². The number of carboxylic acids is 1. The molecule has 1 aliphatic carbocycles. The summed E-state index contributed by atoms with van der Waals surface area (Å²) in [6.45, 7) is 1.92. The van der Waals surface area contributed by atoms with E-state index in [9.17, 15) is 14.7 Å². The lowest BCUT2D eigenvalue weighted by atomic mass is 9.63. The standard InChI is InChI=1S/C16H16N2O3/c1-10-14(9-18(2)17-10)11-4-3-5-12(6-11)16(15(20)21)7-13(19)8-16/h3-6,9H,7-8H2,1-2H3,(H,20,21). The second-order valence-corrected chi connectivity index (χ2v) is 5.66. The molecule has 5 nitrogen and oxygen atoms in total. The van der Waals surface area contributed by atoms with Crippen LogP contribution in [-0.2, 0) is 22.1 Å². The highest BCUT2D eigenvalue weighted by molar-refractivity contribution is 6.01. The molecule has 1 fully saturated rings. The van der Waals surface area contributed by atoms with Gasteiger partial charge >= 0.3 is 5.97 Å². The van der Waals surface area contributed by atoms with Crippen LogP contribution in [-0.4, -0.2) is 26.6 Å². The first-order valence-corrected chi connectivity index (χ1v) is 6.79. The molecule has 0 unspecified atom stereocenters. The van der Waals surface area contributed by atoms with Crippen molar-refractivity contribution in [2.24, 2.45) is 7.05 Å². The van der Waals surface area contributed by atoms with Gasteiger partial charge in [-0.05, 0) is 24.1 Å². The molecular weight excluding hydrogens is 268 g/mol. The van der Waals surface area contributed by atoms with Crippen LogP contribution in [0, 0.1) is 6.92 Å². The minimum absolute atomic E-state index is 0.000335. The van der Waals surface area contributed by atoms with E-state index in [1.54, 1.807) is 10.7 Å². The number of Topliss-reactive ketones (excluding diaryl/α,β-unsaturated/α-hetero) is 1. The molecule has 0 bridgehead atoms. The van der Waals surface area contributed by atoms with Gasteiger partial charge in [0.2, 0.25) is 0 Å². The smallest absolute Gasteiger partial charge is 0.315 e. The molecule has 0 radical (unpaired) electrons.